The lowest BCUT2D eigenvalue weighted by Crippen LogP contribution is -2.38. The van der Waals surface area contributed by atoms with Crippen LogP contribution >= 0.6 is 0 Å². The maximum absolute atomic E-state index is 11.4. The minimum absolute atomic E-state index is 0.0644. The lowest BCUT2D eigenvalue weighted by atomic mass is 9.97. The highest BCUT2D eigenvalue weighted by Gasteiger charge is 2.28. The fourth-order valence-corrected chi connectivity index (χ4v) is 2.61. The van der Waals surface area contributed by atoms with Crippen molar-refractivity contribution >= 4 is 14.1 Å². The van der Waals surface area contributed by atoms with Crippen molar-refractivity contribution in [2.45, 2.75) is 51.4 Å². The predicted molar refractivity (Wildman–Crippen MR) is 51.7 cm³/mol. The van der Waals surface area contributed by atoms with E-state index in [-0.39, 0.29) is 6.10 Å². The van der Waals surface area contributed by atoms with Crippen molar-refractivity contribution in [3.05, 3.63) is 0 Å². The van der Waals surface area contributed by atoms with Crippen LogP contribution in [-0.2, 0) is 9.22 Å². The Labute approximate surface area is 75.4 Å². The van der Waals surface area contributed by atoms with E-state index in [9.17, 15) is 4.79 Å². The largest absolute Gasteiger partial charge is 0.408 e. The first-order valence-corrected chi connectivity index (χ1v) is 8.10. The third kappa shape index (κ3) is 3.07. The van der Waals surface area contributed by atoms with Gasteiger partial charge in [-0.3, -0.25) is 4.79 Å². The van der Waals surface area contributed by atoms with E-state index < -0.39 is 8.32 Å². The maximum atomic E-state index is 11.4. The fraction of sp³-hybridized carbons (Fsp3) is 0.889. The quantitative estimate of drug-likeness (QED) is 0.619. The normalized spacial score (nSPS) is 25.9. The van der Waals surface area contributed by atoms with E-state index in [2.05, 4.69) is 19.6 Å². The van der Waals surface area contributed by atoms with E-state index in [4.69, 9.17) is 4.43 Å². The van der Waals surface area contributed by atoms with Gasteiger partial charge in [-0.25, -0.2) is 0 Å². The van der Waals surface area contributed by atoms with Crippen LogP contribution in [0.2, 0.25) is 19.6 Å². The molecule has 1 rings (SSSR count). The van der Waals surface area contributed by atoms with Crippen molar-refractivity contribution in [3.8, 4) is 0 Å². The van der Waals surface area contributed by atoms with Crippen molar-refractivity contribution < 1.29 is 9.22 Å². The molecule has 0 bridgehead atoms. The molecule has 0 heterocycles. The molecule has 1 aliphatic carbocycles. The second-order valence-electron chi connectivity index (χ2n) is 4.43. The van der Waals surface area contributed by atoms with Gasteiger partial charge in [-0.1, -0.05) is 6.42 Å². The van der Waals surface area contributed by atoms with E-state index in [1.54, 1.807) is 0 Å². The predicted octanol–water partition coefficient (Wildman–Crippen LogP) is 2.35. The highest BCUT2D eigenvalue weighted by atomic mass is 28.4. The molecule has 2 nitrogen and oxygen atoms in total. The molecule has 0 aromatic heterocycles. The average molecular weight is 186 g/mol. The Morgan fingerprint density at radius 2 is 2.00 bits per heavy atom. The Morgan fingerprint density at radius 3 is 2.50 bits per heavy atom. The molecule has 0 radical (unpaired) electrons. The molecule has 0 aromatic carbocycles. The van der Waals surface area contributed by atoms with Gasteiger partial charge in [0.2, 0.25) is 0 Å². The third-order valence-electron chi connectivity index (χ3n) is 1.99. The first-order chi connectivity index (χ1) is 5.49. The molecule has 0 unspecified atom stereocenters. The summed E-state index contributed by atoms with van der Waals surface area (Å²) in [5.74, 6) is 0.323. The molecule has 1 fully saturated rings. The Balaban J connectivity index is 2.45. The summed E-state index contributed by atoms with van der Waals surface area (Å²) in [6.07, 6.45) is 3.83. The van der Waals surface area contributed by atoms with E-state index in [1.807, 2.05) is 0 Å². The van der Waals surface area contributed by atoms with Crippen molar-refractivity contribution in [1.82, 2.24) is 0 Å². The van der Waals surface area contributed by atoms with Crippen LogP contribution in [0.3, 0.4) is 0 Å². The molecule has 3 heteroatoms. The number of hydrogen-bond acceptors (Lipinski definition) is 2. The van der Waals surface area contributed by atoms with Gasteiger partial charge in [0.05, 0.1) is 0 Å². The van der Waals surface area contributed by atoms with Gasteiger partial charge in [-0.05, 0) is 32.5 Å². The Hall–Kier alpha value is -0.153. The summed E-state index contributed by atoms with van der Waals surface area (Å²) in [6.45, 7) is 6.40. The lowest BCUT2D eigenvalue weighted by Gasteiger charge is -2.27. The van der Waals surface area contributed by atoms with E-state index in [1.165, 1.54) is 0 Å². The standard InChI is InChI=1S/C9H18O2Si/c1-12(2,3)11-9-7-5-4-6-8(9)10/h9H,4-7H2,1-3H3/t9-/m1/s1. The molecular weight excluding hydrogens is 168 g/mol. The summed E-state index contributed by atoms with van der Waals surface area (Å²) in [4.78, 5) is 11.4. The molecule has 1 aliphatic rings. The first kappa shape index (κ1) is 9.93. The zero-order valence-electron chi connectivity index (χ0n) is 8.22. The maximum Gasteiger partial charge on any atom is 0.184 e. The molecule has 1 atom stereocenters. The second-order valence-corrected chi connectivity index (χ2v) is 8.89. The summed E-state index contributed by atoms with van der Waals surface area (Å²) in [6, 6.07) is 0. The topological polar surface area (TPSA) is 26.3 Å². The number of Topliss-reactive ketones (excluding diaryl/α,β-unsaturated/α-hetero) is 1. The van der Waals surface area contributed by atoms with Gasteiger partial charge in [0.1, 0.15) is 6.10 Å². The number of carbonyl (C=O) groups is 1. The van der Waals surface area contributed by atoms with Crippen LogP contribution in [0.1, 0.15) is 25.7 Å². The molecule has 0 N–H and O–H groups in total. The number of ketones is 1. The minimum Gasteiger partial charge on any atom is -0.408 e. The number of hydrogen-bond donors (Lipinski definition) is 0. The molecule has 0 saturated heterocycles. The monoisotopic (exact) mass is 186 g/mol. The van der Waals surface area contributed by atoms with E-state index in [0.717, 1.165) is 25.7 Å². The van der Waals surface area contributed by atoms with Gasteiger partial charge in [0.15, 0.2) is 14.1 Å². The average Bonchev–Trinajstić information content (AvgIpc) is 1.91. The molecule has 0 aromatic rings. The molecular formula is C9H18O2Si. The van der Waals surface area contributed by atoms with Crippen LogP contribution in [-0.4, -0.2) is 20.2 Å². The molecule has 12 heavy (non-hydrogen) atoms. The number of carbonyl (C=O) groups excluding carboxylic acids is 1. The summed E-state index contributed by atoms with van der Waals surface area (Å²) >= 11 is 0. The molecule has 70 valence electrons. The second kappa shape index (κ2) is 3.71. The molecule has 1 saturated carbocycles. The SMILES string of the molecule is C[Si](C)(C)O[C@@H]1CCCCC1=O. The van der Waals surface area contributed by atoms with Gasteiger partial charge < -0.3 is 4.43 Å². The zero-order chi connectivity index (χ0) is 9.19. The van der Waals surface area contributed by atoms with Gasteiger partial charge in [0.25, 0.3) is 0 Å². The Morgan fingerprint density at radius 1 is 1.33 bits per heavy atom. The minimum atomic E-state index is -1.51. The third-order valence-corrected chi connectivity index (χ3v) is 2.99. The van der Waals surface area contributed by atoms with Crippen LogP contribution in [0.5, 0.6) is 0 Å². The van der Waals surface area contributed by atoms with Gasteiger partial charge >= 0.3 is 0 Å². The van der Waals surface area contributed by atoms with Crippen molar-refractivity contribution in [2.75, 3.05) is 0 Å². The van der Waals surface area contributed by atoms with Crippen molar-refractivity contribution in [3.63, 3.8) is 0 Å². The van der Waals surface area contributed by atoms with Crippen molar-refractivity contribution in [2.24, 2.45) is 0 Å². The van der Waals surface area contributed by atoms with Crippen LogP contribution < -0.4 is 0 Å². The summed E-state index contributed by atoms with van der Waals surface area (Å²) in [5.41, 5.74) is 0. The zero-order valence-corrected chi connectivity index (χ0v) is 9.22. The number of rotatable bonds is 2. The summed E-state index contributed by atoms with van der Waals surface area (Å²) in [7, 11) is -1.51. The molecule has 0 amide bonds. The van der Waals surface area contributed by atoms with Crippen molar-refractivity contribution in [1.29, 1.82) is 0 Å². The molecule has 0 aliphatic heterocycles. The van der Waals surface area contributed by atoms with Crippen LogP contribution in [0.4, 0.5) is 0 Å². The van der Waals surface area contributed by atoms with Crippen LogP contribution in [0, 0.1) is 0 Å². The van der Waals surface area contributed by atoms with E-state index in [0.29, 0.717) is 5.78 Å². The first-order valence-electron chi connectivity index (χ1n) is 4.69. The summed E-state index contributed by atoms with van der Waals surface area (Å²) < 4.78 is 5.78. The smallest absolute Gasteiger partial charge is 0.184 e. The Bertz CT molecular complexity index is 172. The van der Waals surface area contributed by atoms with Crippen LogP contribution in [0.25, 0.3) is 0 Å². The van der Waals surface area contributed by atoms with Gasteiger partial charge in [0, 0.05) is 6.42 Å². The lowest BCUT2D eigenvalue weighted by molar-refractivity contribution is -0.128. The highest BCUT2D eigenvalue weighted by molar-refractivity contribution is 6.69. The summed E-state index contributed by atoms with van der Waals surface area (Å²) in [5, 5.41) is 0. The fourth-order valence-electron chi connectivity index (χ4n) is 1.50. The van der Waals surface area contributed by atoms with E-state index >= 15 is 0 Å². The Kier molecular flexibility index (Phi) is 3.07. The van der Waals surface area contributed by atoms with Gasteiger partial charge in [-0.15, -0.1) is 0 Å². The highest BCUT2D eigenvalue weighted by Crippen LogP contribution is 2.20. The van der Waals surface area contributed by atoms with Gasteiger partial charge in [-0.2, -0.15) is 0 Å². The van der Waals surface area contributed by atoms with Crippen LogP contribution in [0.15, 0.2) is 0 Å². The molecule has 0 spiro atoms.